The Hall–Kier alpha value is -2.00. The fourth-order valence-corrected chi connectivity index (χ4v) is 4.16. The Morgan fingerprint density at radius 3 is 2.88 bits per heavy atom. The van der Waals surface area contributed by atoms with Gasteiger partial charge < -0.3 is 5.32 Å². The molecule has 1 N–H and O–H groups in total. The van der Waals surface area contributed by atoms with Gasteiger partial charge in [-0.05, 0) is 31.2 Å². The minimum Gasteiger partial charge on any atom is -0.351 e. The maximum Gasteiger partial charge on any atom is 0.223 e. The van der Waals surface area contributed by atoms with E-state index in [4.69, 9.17) is 0 Å². The molecule has 4 atom stereocenters. The van der Waals surface area contributed by atoms with Crippen molar-refractivity contribution in [1.82, 2.24) is 15.0 Å². The van der Waals surface area contributed by atoms with Gasteiger partial charge in [0, 0.05) is 23.3 Å². The Morgan fingerprint density at radius 1 is 1.33 bits per heavy atom. The third-order valence-electron chi connectivity index (χ3n) is 5.01. The highest BCUT2D eigenvalue weighted by molar-refractivity contribution is 7.09. The summed E-state index contributed by atoms with van der Waals surface area (Å²) in [4.78, 5) is 13.4. The summed E-state index contributed by atoms with van der Waals surface area (Å²) in [6.45, 7) is 6.54. The second-order valence-electron chi connectivity index (χ2n) is 6.71. The quantitative estimate of drug-likeness (QED) is 0.905. The van der Waals surface area contributed by atoms with E-state index < -0.39 is 5.92 Å². The summed E-state index contributed by atoms with van der Waals surface area (Å²) in [5.74, 6) is 1.49. The first-order chi connectivity index (χ1) is 11.6. The molecule has 2 aromatic rings. The predicted octanol–water partition coefficient (Wildman–Crippen LogP) is 4.13. The molecular formula is C18H23N5S. The molecule has 1 fully saturated rings. The molecule has 1 aliphatic rings. The van der Waals surface area contributed by atoms with E-state index in [1.165, 1.54) is 24.2 Å². The minimum absolute atomic E-state index is 0.395. The van der Waals surface area contributed by atoms with Crippen molar-refractivity contribution in [3.8, 4) is 6.07 Å². The van der Waals surface area contributed by atoms with Crippen molar-refractivity contribution in [3.63, 3.8) is 0 Å². The third kappa shape index (κ3) is 3.57. The largest absolute Gasteiger partial charge is 0.351 e. The van der Waals surface area contributed by atoms with Crippen LogP contribution in [0.4, 0.5) is 5.95 Å². The highest BCUT2D eigenvalue weighted by Gasteiger charge is 2.28. The molecule has 126 valence electrons. The topological polar surface area (TPSA) is 74.5 Å². The number of nitriles is 1. The van der Waals surface area contributed by atoms with Crippen molar-refractivity contribution in [2.45, 2.75) is 52.0 Å². The number of anilines is 1. The van der Waals surface area contributed by atoms with Gasteiger partial charge >= 0.3 is 0 Å². The molecule has 1 aliphatic carbocycles. The highest BCUT2D eigenvalue weighted by atomic mass is 32.1. The van der Waals surface area contributed by atoms with Crippen LogP contribution in [0.3, 0.4) is 0 Å². The first kappa shape index (κ1) is 16.8. The van der Waals surface area contributed by atoms with Crippen molar-refractivity contribution >= 4 is 17.3 Å². The normalized spacial score (nSPS) is 25.0. The first-order valence-electron chi connectivity index (χ1n) is 8.49. The Kier molecular flexibility index (Phi) is 5.10. The van der Waals surface area contributed by atoms with Gasteiger partial charge in [0.15, 0.2) is 0 Å². The van der Waals surface area contributed by atoms with Crippen LogP contribution in [0.5, 0.6) is 0 Å². The van der Waals surface area contributed by atoms with Crippen LogP contribution in [0, 0.1) is 30.1 Å². The van der Waals surface area contributed by atoms with Crippen molar-refractivity contribution in [1.29, 1.82) is 5.26 Å². The Labute approximate surface area is 147 Å². The SMILES string of the molecule is Cc1csc(C(C#N)c2ccnc(NC3CCCC(C)C3C)n2)n1. The smallest absolute Gasteiger partial charge is 0.223 e. The van der Waals surface area contributed by atoms with E-state index in [9.17, 15) is 5.26 Å². The van der Waals surface area contributed by atoms with Crippen LogP contribution in [0.2, 0.25) is 0 Å². The molecule has 0 bridgehead atoms. The molecule has 6 heteroatoms. The van der Waals surface area contributed by atoms with Crippen LogP contribution < -0.4 is 5.32 Å². The fourth-order valence-electron chi connectivity index (χ4n) is 3.31. The summed E-state index contributed by atoms with van der Waals surface area (Å²) < 4.78 is 0. The predicted molar refractivity (Wildman–Crippen MR) is 95.9 cm³/mol. The van der Waals surface area contributed by atoms with Gasteiger partial charge in [0.05, 0.1) is 11.8 Å². The second kappa shape index (κ2) is 7.27. The van der Waals surface area contributed by atoms with E-state index >= 15 is 0 Å². The maximum absolute atomic E-state index is 9.57. The maximum atomic E-state index is 9.57. The number of hydrogen-bond acceptors (Lipinski definition) is 6. The molecule has 4 unspecified atom stereocenters. The summed E-state index contributed by atoms with van der Waals surface area (Å²) in [5.41, 5.74) is 1.65. The Morgan fingerprint density at radius 2 is 2.17 bits per heavy atom. The van der Waals surface area contributed by atoms with E-state index in [1.807, 2.05) is 18.4 Å². The Bertz CT molecular complexity index is 735. The lowest BCUT2D eigenvalue weighted by Gasteiger charge is -2.34. The molecule has 0 saturated heterocycles. The third-order valence-corrected chi connectivity index (χ3v) is 6.03. The van der Waals surface area contributed by atoms with Crippen molar-refractivity contribution in [3.05, 3.63) is 34.0 Å². The van der Waals surface area contributed by atoms with Crippen molar-refractivity contribution in [2.24, 2.45) is 11.8 Å². The van der Waals surface area contributed by atoms with Crippen molar-refractivity contribution < 1.29 is 0 Å². The number of nitrogens with zero attached hydrogens (tertiary/aromatic N) is 4. The molecule has 0 aromatic carbocycles. The van der Waals surface area contributed by atoms with Crippen LogP contribution in [-0.2, 0) is 0 Å². The zero-order chi connectivity index (χ0) is 17.1. The molecular weight excluding hydrogens is 318 g/mol. The van der Waals surface area contributed by atoms with Gasteiger partial charge in [0.1, 0.15) is 10.9 Å². The van der Waals surface area contributed by atoms with Gasteiger partial charge in [-0.3, -0.25) is 0 Å². The van der Waals surface area contributed by atoms with Crippen LogP contribution in [0.25, 0.3) is 0 Å². The number of rotatable bonds is 4. The molecule has 0 spiro atoms. The molecule has 5 nitrogen and oxygen atoms in total. The van der Waals surface area contributed by atoms with Crippen LogP contribution in [0.15, 0.2) is 17.6 Å². The fraction of sp³-hybridized carbons (Fsp3) is 0.556. The van der Waals surface area contributed by atoms with Gasteiger partial charge in [0.25, 0.3) is 0 Å². The van der Waals surface area contributed by atoms with Crippen LogP contribution in [-0.4, -0.2) is 21.0 Å². The summed E-state index contributed by atoms with van der Waals surface area (Å²) in [7, 11) is 0. The average molecular weight is 341 g/mol. The Balaban J connectivity index is 1.80. The highest BCUT2D eigenvalue weighted by Crippen LogP contribution is 2.31. The summed E-state index contributed by atoms with van der Waals surface area (Å²) >= 11 is 1.50. The summed E-state index contributed by atoms with van der Waals surface area (Å²) in [6.07, 6.45) is 5.40. The second-order valence-corrected chi connectivity index (χ2v) is 7.60. The standard InChI is InChI=1S/C18H23N5S/c1-11-5-4-6-15(13(11)3)22-18-20-8-7-16(23-18)14(9-19)17-21-12(2)10-24-17/h7-8,10-11,13-15H,4-6H2,1-3H3,(H,20,22,23). The molecule has 0 radical (unpaired) electrons. The molecule has 0 aliphatic heterocycles. The van der Waals surface area contributed by atoms with E-state index in [0.29, 0.717) is 29.5 Å². The van der Waals surface area contributed by atoms with Gasteiger partial charge in [-0.2, -0.15) is 5.26 Å². The molecule has 2 aromatic heterocycles. The number of thiazole rings is 1. The number of hydrogen-bond donors (Lipinski definition) is 1. The van der Waals surface area contributed by atoms with Gasteiger partial charge in [-0.25, -0.2) is 15.0 Å². The summed E-state index contributed by atoms with van der Waals surface area (Å²) in [5, 5.41) is 15.8. The van der Waals surface area contributed by atoms with Crippen molar-refractivity contribution in [2.75, 3.05) is 5.32 Å². The van der Waals surface area contributed by atoms with Gasteiger partial charge in [0.2, 0.25) is 5.95 Å². The van der Waals surface area contributed by atoms with E-state index in [-0.39, 0.29) is 0 Å². The monoisotopic (exact) mass is 341 g/mol. The minimum atomic E-state index is -0.435. The number of aromatic nitrogens is 3. The van der Waals surface area contributed by atoms with E-state index in [1.54, 1.807) is 6.20 Å². The van der Waals surface area contributed by atoms with E-state index in [2.05, 4.69) is 40.2 Å². The zero-order valence-corrected chi connectivity index (χ0v) is 15.2. The molecule has 2 heterocycles. The molecule has 3 rings (SSSR count). The molecule has 0 amide bonds. The average Bonchev–Trinajstić information content (AvgIpc) is 2.99. The lowest BCUT2D eigenvalue weighted by molar-refractivity contribution is 0.252. The lowest BCUT2D eigenvalue weighted by Crippen LogP contribution is -2.35. The molecule has 1 saturated carbocycles. The van der Waals surface area contributed by atoms with Gasteiger partial charge in [-0.15, -0.1) is 11.3 Å². The first-order valence-corrected chi connectivity index (χ1v) is 9.37. The van der Waals surface area contributed by atoms with Crippen LogP contribution in [0.1, 0.15) is 55.4 Å². The molecule has 24 heavy (non-hydrogen) atoms. The number of aryl methyl sites for hydroxylation is 1. The lowest BCUT2D eigenvalue weighted by atomic mass is 9.78. The number of nitrogens with one attached hydrogen (secondary N) is 1. The van der Waals surface area contributed by atoms with Gasteiger partial charge in [-0.1, -0.05) is 26.7 Å². The summed E-state index contributed by atoms with van der Waals surface area (Å²) in [6, 6.07) is 4.53. The zero-order valence-electron chi connectivity index (χ0n) is 14.4. The van der Waals surface area contributed by atoms with E-state index in [0.717, 1.165) is 17.1 Å². The van der Waals surface area contributed by atoms with Crippen LogP contribution >= 0.6 is 11.3 Å².